The number of hydrogen-bond acceptors (Lipinski definition) is 5. The summed E-state index contributed by atoms with van der Waals surface area (Å²) >= 11 is 0. The Bertz CT molecular complexity index is 1230. The predicted molar refractivity (Wildman–Crippen MR) is 115 cm³/mol. The van der Waals surface area contributed by atoms with Crippen LogP contribution in [-0.2, 0) is 6.54 Å². The number of hydrogen-bond donors (Lipinski definition) is 1. The second kappa shape index (κ2) is 8.79. The molecule has 0 saturated carbocycles. The highest BCUT2D eigenvalue weighted by Gasteiger charge is 2.12. The number of ether oxygens (including phenoxy) is 2. The molecule has 0 unspecified atom stereocenters. The number of amides is 1. The van der Waals surface area contributed by atoms with Crippen molar-refractivity contribution in [3.8, 4) is 17.4 Å². The molecule has 0 radical (unpaired) electrons. The molecule has 4 aromatic rings. The second-order valence-electron chi connectivity index (χ2n) is 6.92. The molecule has 0 aliphatic carbocycles. The minimum absolute atomic E-state index is 0.255. The summed E-state index contributed by atoms with van der Waals surface area (Å²) in [6.07, 6.45) is 1.65. The SMILES string of the molecule is COc1ccc(Oc2ccc(CNC(=O)c3cc4ccc(F)cc4nc3C)cn2)cc1. The molecule has 6 nitrogen and oxygen atoms in total. The molecule has 7 heteroatoms. The molecule has 0 aliphatic heterocycles. The summed E-state index contributed by atoms with van der Waals surface area (Å²) in [4.78, 5) is 21.2. The van der Waals surface area contributed by atoms with Crippen LogP contribution in [0.3, 0.4) is 0 Å². The molecule has 1 amide bonds. The van der Waals surface area contributed by atoms with Gasteiger partial charge in [-0.2, -0.15) is 0 Å². The van der Waals surface area contributed by atoms with Crippen LogP contribution in [0.4, 0.5) is 4.39 Å². The fourth-order valence-corrected chi connectivity index (χ4v) is 3.08. The molecule has 0 fully saturated rings. The number of carbonyl (C=O) groups is 1. The van der Waals surface area contributed by atoms with Crippen LogP contribution < -0.4 is 14.8 Å². The number of benzene rings is 2. The summed E-state index contributed by atoms with van der Waals surface area (Å²) in [5.74, 6) is 1.23. The number of aryl methyl sites for hydroxylation is 1. The Morgan fingerprint density at radius 1 is 1.03 bits per heavy atom. The van der Waals surface area contributed by atoms with E-state index in [4.69, 9.17) is 9.47 Å². The highest BCUT2D eigenvalue weighted by Crippen LogP contribution is 2.22. The van der Waals surface area contributed by atoms with E-state index in [0.29, 0.717) is 40.3 Å². The first-order valence-corrected chi connectivity index (χ1v) is 9.64. The van der Waals surface area contributed by atoms with Gasteiger partial charge in [0.05, 0.1) is 23.9 Å². The van der Waals surface area contributed by atoms with Crippen LogP contribution in [0.2, 0.25) is 0 Å². The van der Waals surface area contributed by atoms with Gasteiger partial charge in [0, 0.05) is 30.3 Å². The van der Waals surface area contributed by atoms with Crippen molar-refractivity contribution >= 4 is 16.8 Å². The molecular formula is C24H20FN3O3. The zero-order chi connectivity index (χ0) is 21.8. The van der Waals surface area contributed by atoms with Gasteiger partial charge in [0.25, 0.3) is 5.91 Å². The van der Waals surface area contributed by atoms with Gasteiger partial charge >= 0.3 is 0 Å². The van der Waals surface area contributed by atoms with E-state index in [1.807, 2.05) is 6.07 Å². The first-order valence-electron chi connectivity index (χ1n) is 9.64. The second-order valence-corrected chi connectivity index (χ2v) is 6.92. The van der Waals surface area contributed by atoms with Gasteiger partial charge in [-0.25, -0.2) is 9.37 Å². The summed E-state index contributed by atoms with van der Waals surface area (Å²) < 4.78 is 24.2. The standard InChI is InChI=1S/C24H20FN3O3/c1-15-21(11-17-4-5-18(25)12-22(17)28-15)24(29)27-14-16-3-10-23(26-13-16)31-20-8-6-19(30-2)7-9-20/h3-13H,14H2,1-2H3,(H,27,29). The van der Waals surface area contributed by atoms with Gasteiger partial charge in [0.1, 0.15) is 17.3 Å². The number of nitrogens with one attached hydrogen (secondary N) is 1. The third kappa shape index (κ3) is 4.78. The summed E-state index contributed by atoms with van der Waals surface area (Å²) in [7, 11) is 1.61. The van der Waals surface area contributed by atoms with Crippen molar-refractivity contribution in [3.63, 3.8) is 0 Å². The largest absolute Gasteiger partial charge is 0.497 e. The molecule has 0 bridgehead atoms. The van der Waals surface area contributed by atoms with E-state index in [2.05, 4.69) is 15.3 Å². The molecule has 2 aromatic carbocycles. The van der Waals surface area contributed by atoms with Crippen molar-refractivity contribution in [2.45, 2.75) is 13.5 Å². The molecule has 0 aliphatic rings. The van der Waals surface area contributed by atoms with Crippen LogP contribution in [-0.4, -0.2) is 23.0 Å². The normalized spacial score (nSPS) is 10.7. The number of fused-ring (bicyclic) bond motifs is 1. The van der Waals surface area contributed by atoms with Gasteiger partial charge in [-0.05, 0) is 55.0 Å². The Kier molecular flexibility index (Phi) is 5.75. The third-order valence-corrected chi connectivity index (χ3v) is 4.75. The Morgan fingerprint density at radius 2 is 1.81 bits per heavy atom. The Labute approximate surface area is 178 Å². The van der Waals surface area contributed by atoms with Gasteiger partial charge in [0.15, 0.2) is 0 Å². The number of rotatable bonds is 6. The van der Waals surface area contributed by atoms with Crippen LogP contribution in [0.5, 0.6) is 17.4 Å². The lowest BCUT2D eigenvalue weighted by Crippen LogP contribution is -2.24. The maximum absolute atomic E-state index is 13.4. The van der Waals surface area contributed by atoms with Crippen molar-refractivity contribution in [3.05, 3.63) is 89.5 Å². The van der Waals surface area contributed by atoms with Crippen LogP contribution in [0, 0.1) is 12.7 Å². The van der Waals surface area contributed by atoms with Gasteiger partial charge < -0.3 is 14.8 Å². The average Bonchev–Trinajstić information content (AvgIpc) is 2.78. The molecule has 0 saturated heterocycles. The van der Waals surface area contributed by atoms with Crippen LogP contribution in [0.15, 0.2) is 66.9 Å². The molecule has 31 heavy (non-hydrogen) atoms. The quantitative estimate of drug-likeness (QED) is 0.487. The highest BCUT2D eigenvalue weighted by atomic mass is 19.1. The summed E-state index contributed by atoms with van der Waals surface area (Å²) in [5, 5.41) is 3.57. The van der Waals surface area contributed by atoms with E-state index in [1.165, 1.54) is 12.1 Å². The summed E-state index contributed by atoms with van der Waals surface area (Å²) in [6.45, 7) is 2.03. The first kappa shape index (κ1) is 20.3. The van der Waals surface area contributed by atoms with E-state index in [0.717, 1.165) is 11.3 Å². The number of methoxy groups -OCH3 is 1. The van der Waals surface area contributed by atoms with Crippen molar-refractivity contribution in [2.24, 2.45) is 0 Å². The van der Waals surface area contributed by atoms with Crippen molar-refractivity contribution in [1.29, 1.82) is 0 Å². The lowest BCUT2D eigenvalue weighted by molar-refractivity contribution is 0.0950. The fourth-order valence-electron chi connectivity index (χ4n) is 3.08. The molecular weight excluding hydrogens is 397 g/mol. The zero-order valence-electron chi connectivity index (χ0n) is 17.1. The minimum atomic E-state index is -0.358. The summed E-state index contributed by atoms with van der Waals surface area (Å²) in [5.41, 5.74) is 2.33. The van der Waals surface area contributed by atoms with E-state index < -0.39 is 0 Å². The molecule has 156 valence electrons. The van der Waals surface area contributed by atoms with E-state index in [1.54, 1.807) is 62.7 Å². The van der Waals surface area contributed by atoms with E-state index in [-0.39, 0.29) is 11.7 Å². The smallest absolute Gasteiger partial charge is 0.253 e. The van der Waals surface area contributed by atoms with E-state index in [9.17, 15) is 9.18 Å². The molecule has 2 aromatic heterocycles. The zero-order valence-corrected chi connectivity index (χ0v) is 17.1. The minimum Gasteiger partial charge on any atom is -0.497 e. The number of nitrogens with zero attached hydrogens (tertiary/aromatic N) is 2. The number of pyridine rings is 2. The Balaban J connectivity index is 1.39. The molecule has 0 spiro atoms. The average molecular weight is 417 g/mol. The highest BCUT2D eigenvalue weighted by molar-refractivity contribution is 5.98. The summed E-state index contributed by atoms with van der Waals surface area (Å²) in [6, 6.07) is 16.8. The number of halogens is 1. The molecule has 0 atom stereocenters. The third-order valence-electron chi connectivity index (χ3n) is 4.75. The Morgan fingerprint density at radius 3 is 2.52 bits per heavy atom. The number of aromatic nitrogens is 2. The van der Waals surface area contributed by atoms with Gasteiger partial charge in [-0.3, -0.25) is 9.78 Å². The maximum atomic E-state index is 13.4. The van der Waals surface area contributed by atoms with Gasteiger partial charge in [0.2, 0.25) is 5.88 Å². The first-order chi connectivity index (χ1) is 15.0. The van der Waals surface area contributed by atoms with Crippen molar-refractivity contribution < 1.29 is 18.7 Å². The molecule has 2 heterocycles. The van der Waals surface area contributed by atoms with Crippen molar-refractivity contribution in [2.75, 3.05) is 7.11 Å². The van der Waals surface area contributed by atoms with Crippen LogP contribution >= 0.6 is 0 Å². The fraction of sp³-hybridized carbons (Fsp3) is 0.125. The van der Waals surface area contributed by atoms with Crippen molar-refractivity contribution in [1.82, 2.24) is 15.3 Å². The Hall–Kier alpha value is -4.00. The predicted octanol–water partition coefficient (Wildman–Crippen LogP) is 4.81. The van der Waals surface area contributed by atoms with E-state index >= 15 is 0 Å². The monoisotopic (exact) mass is 417 g/mol. The number of carbonyl (C=O) groups excluding carboxylic acids is 1. The van der Waals surface area contributed by atoms with Crippen LogP contribution in [0.1, 0.15) is 21.6 Å². The van der Waals surface area contributed by atoms with Crippen LogP contribution in [0.25, 0.3) is 10.9 Å². The van der Waals surface area contributed by atoms with Gasteiger partial charge in [-0.15, -0.1) is 0 Å². The maximum Gasteiger partial charge on any atom is 0.253 e. The lowest BCUT2D eigenvalue weighted by atomic mass is 10.1. The van der Waals surface area contributed by atoms with Gasteiger partial charge in [-0.1, -0.05) is 6.07 Å². The molecule has 4 rings (SSSR count). The molecule has 1 N–H and O–H groups in total. The topological polar surface area (TPSA) is 73.3 Å². The lowest BCUT2D eigenvalue weighted by Gasteiger charge is -2.10.